The largest absolute Gasteiger partial charge is 0.429 e. The quantitative estimate of drug-likeness (QED) is 0.684. The first-order valence-electron chi connectivity index (χ1n) is 7.31. The lowest BCUT2D eigenvalue weighted by Gasteiger charge is -2.18. The second kappa shape index (κ2) is 7.11. The summed E-state index contributed by atoms with van der Waals surface area (Å²) in [7, 11) is -1.04. The molecule has 0 saturated carbocycles. The molecule has 0 aliphatic heterocycles. The minimum atomic E-state index is -1.04. The maximum absolute atomic E-state index is 12.6. The zero-order chi connectivity index (χ0) is 17.1. The first-order chi connectivity index (χ1) is 11.5. The zero-order valence-corrected chi connectivity index (χ0v) is 14.6. The fraction of sp³-hybridized carbons (Fsp3) is 0.176. The molecule has 0 aliphatic rings. The number of fused-ring (bicyclic) bond motifs is 1. The van der Waals surface area contributed by atoms with Gasteiger partial charge in [0.1, 0.15) is 0 Å². The fourth-order valence-electron chi connectivity index (χ4n) is 2.47. The summed E-state index contributed by atoms with van der Waals surface area (Å²) in [5.41, 5.74) is 2.65. The highest BCUT2D eigenvalue weighted by atomic mass is 32.2. The van der Waals surface area contributed by atoms with E-state index in [1.54, 1.807) is 24.5 Å². The lowest BCUT2D eigenvalue weighted by Crippen LogP contribution is -2.31. The Morgan fingerprint density at radius 2 is 2.04 bits per heavy atom. The van der Waals surface area contributed by atoms with Crippen molar-refractivity contribution in [3.63, 3.8) is 0 Å². The summed E-state index contributed by atoms with van der Waals surface area (Å²) < 4.78 is 17.0. The average molecular weight is 360 g/mol. The van der Waals surface area contributed by atoms with E-state index in [-0.39, 0.29) is 16.8 Å². The number of H-pyrrole nitrogens is 1. The van der Waals surface area contributed by atoms with Crippen molar-refractivity contribution in [3.8, 4) is 0 Å². The third-order valence-corrected chi connectivity index (χ3v) is 4.58. The van der Waals surface area contributed by atoms with Gasteiger partial charge in [0.15, 0.2) is 5.58 Å². The number of nitrogens with one attached hydrogen (secondary N) is 2. The Morgan fingerprint density at radius 1 is 1.29 bits per heavy atom. The topological polar surface area (TPSA) is 75.1 Å². The van der Waals surface area contributed by atoms with Gasteiger partial charge < -0.3 is 14.7 Å². The second-order valence-corrected chi connectivity index (χ2v) is 7.25. The van der Waals surface area contributed by atoms with Crippen LogP contribution in [0.15, 0.2) is 52.9 Å². The van der Waals surface area contributed by atoms with Crippen molar-refractivity contribution >= 4 is 40.0 Å². The van der Waals surface area contributed by atoms with Crippen molar-refractivity contribution in [2.24, 2.45) is 0 Å². The number of hydrogen-bond acceptors (Lipinski definition) is 4. The molecule has 24 heavy (non-hydrogen) atoms. The Bertz CT molecular complexity index is 947. The molecular weight excluding hydrogens is 344 g/mol. The first-order valence-corrected chi connectivity index (χ1v) is 9.45. The summed E-state index contributed by atoms with van der Waals surface area (Å²) >= 11 is 4.95. The van der Waals surface area contributed by atoms with Gasteiger partial charge in [-0.2, -0.15) is 0 Å². The third kappa shape index (κ3) is 3.80. The normalized spacial score (nSPS) is 13.5. The van der Waals surface area contributed by atoms with Crippen LogP contribution in [0.25, 0.3) is 11.1 Å². The number of carbonyl (C=O) groups excluding carboxylic acids is 1. The molecule has 1 aromatic heterocycles. The Morgan fingerprint density at radius 3 is 2.75 bits per heavy atom. The lowest BCUT2D eigenvalue weighted by molar-refractivity contribution is 0.0940. The van der Waals surface area contributed by atoms with Crippen molar-refractivity contribution in [3.05, 3.63) is 64.5 Å². The molecule has 0 aliphatic carbocycles. The summed E-state index contributed by atoms with van der Waals surface area (Å²) in [4.78, 5) is 15.7. The Balaban J connectivity index is 1.86. The summed E-state index contributed by atoms with van der Waals surface area (Å²) in [6, 6.07) is 14.3. The summed E-state index contributed by atoms with van der Waals surface area (Å²) in [5, 5.41) is 2.94. The third-order valence-electron chi connectivity index (χ3n) is 3.59. The number of aromatic nitrogens is 1. The van der Waals surface area contributed by atoms with Crippen molar-refractivity contribution in [2.45, 2.75) is 6.04 Å². The van der Waals surface area contributed by atoms with Crippen LogP contribution < -0.4 is 5.32 Å². The smallest absolute Gasteiger partial charge is 0.266 e. The molecule has 3 rings (SSSR count). The fourth-order valence-corrected chi connectivity index (χ4v) is 3.41. The van der Waals surface area contributed by atoms with E-state index < -0.39 is 10.8 Å². The van der Waals surface area contributed by atoms with E-state index in [1.807, 2.05) is 30.3 Å². The molecule has 2 N–H and O–H groups in total. The molecule has 0 bridgehead atoms. The van der Waals surface area contributed by atoms with Gasteiger partial charge in [-0.25, -0.2) is 0 Å². The van der Waals surface area contributed by atoms with E-state index in [2.05, 4.69) is 10.3 Å². The van der Waals surface area contributed by atoms with E-state index in [4.69, 9.17) is 16.6 Å². The molecule has 7 heteroatoms. The zero-order valence-electron chi connectivity index (χ0n) is 12.9. The number of oxazole rings is 1. The molecule has 0 spiro atoms. The summed E-state index contributed by atoms with van der Waals surface area (Å²) in [5.74, 6) is 0.0987. The van der Waals surface area contributed by atoms with Crippen LogP contribution in [0.4, 0.5) is 0 Å². The van der Waals surface area contributed by atoms with Crippen LogP contribution in [0, 0.1) is 4.84 Å². The van der Waals surface area contributed by atoms with Crippen molar-refractivity contribution in [1.29, 1.82) is 0 Å². The molecule has 5 nitrogen and oxygen atoms in total. The van der Waals surface area contributed by atoms with Crippen molar-refractivity contribution in [1.82, 2.24) is 10.3 Å². The van der Waals surface area contributed by atoms with Crippen LogP contribution in [0.3, 0.4) is 0 Å². The van der Waals surface area contributed by atoms with Gasteiger partial charge in [-0.3, -0.25) is 9.00 Å². The molecule has 0 fully saturated rings. The van der Waals surface area contributed by atoms with Gasteiger partial charge in [0, 0.05) is 28.4 Å². The minimum Gasteiger partial charge on any atom is -0.429 e. The average Bonchev–Trinajstić information content (AvgIpc) is 2.93. The van der Waals surface area contributed by atoms with Gasteiger partial charge in [-0.1, -0.05) is 30.3 Å². The summed E-state index contributed by atoms with van der Waals surface area (Å²) in [6.45, 7) is 0. The maximum Gasteiger partial charge on any atom is 0.266 e. The Labute approximate surface area is 146 Å². The highest BCUT2D eigenvalue weighted by molar-refractivity contribution is 7.84. The second-order valence-electron chi connectivity index (χ2n) is 5.40. The highest BCUT2D eigenvalue weighted by Crippen LogP contribution is 2.18. The lowest BCUT2D eigenvalue weighted by atomic mass is 10.1. The molecule has 2 aromatic carbocycles. The number of amides is 1. The van der Waals surface area contributed by atoms with E-state index in [1.165, 1.54) is 0 Å². The monoisotopic (exact) mass is 360 g/mol. The first kappa shape index (κ1) is 16.6. The van der Waals surface area contributed by atoms with Gasteiger partial charge in [-0.15, -0.1) is 0 Å². The van der Waals surface area contributed by atoms with E-state index in [0.29, 0.717) is 16.9 Å². The maximum atomic E-state index is 12.6. The van der Waals surface area contributed by atoms with Crippen LogP contribution in [-0.2, 0) is 10.8 Å². The highest BCUT2D eigenvalue weighted by Gasteiger charge is 2.17. The molecule has 1 amide bonds. The van der Waals surface area contributed by atoms with Crippen molar-refractivity contribution < 1.29 is 13.4 Å². The molecule has 0 saturated heterocycles. The molecule has 124 valence electrons. The van der Waals surface area contributed by atoms with Crippen molar-refractivity contribution in [2.75, 3.05) is 12.0 Å². The van der Waals surface area contributed by atoms with Crippen LogP contribution >= 0.6 is 12.2 Å². The van der Waals surface area contributed by atoms with Crippen LogP contribution in [0.2, 0.25) is 0 Å². The van der Waals surface area contributed by atoms with Gasteiger partial charge in [-0.05, 0) is 36.0 Å². The predicted molar refractivity (Wildman–Crippen MR) is 97.0 cm³/mol. The Kier molecular flexibility index (Phi) is 4.92. The number of rotatable bonds is 5. The van der Waals surface area contributed by atoms with E-state index in [9.17, 15) is 9.00 Å². The van der Waals surface area contributed by atoms with Gasteiger partial charge in [0.25, 0.3) is 10.7 Å². The molecular formula is C17H16N2O3S2. The number of hydrogen-bond donors (Lipinski definition) is 2. The van der Waals surface area contributed by atoms with Gasteiger partial charge >= 0.3 is 0 Å². The summed E-state index contributed by atoms with van der Waals surface area (Å²) in [6.07, 6.45) is 1.62. The number of aromatic amines is 1. The number of carbonyl (C=O) groups is 1. The Hall–Kier alpha value is -2.25. The van der Waals surface area contributed by atoms with Crippen LogP contribution in [0.1, 0.15) is 22.0 Å². The van der Waals surface area contributed by atoms with Crippen LogP contribution in [0.5, 0.6) is 0 Å². The van der Waals surface area contributed by atoms with E-state index in [0.717, 1.165) is 11.1 Å². The molecule has 0 radical (unpaired) electrons. The van der Waals surface area contributed by atoms with Crippen LogP contribution in [-0.4, -0.2) is 27.1 Å². The molecule has 1 heterocycles. The molecule has 2 atom stereocenters. The number of benzene rings is 2. The molecule has 3 aromatic rings. The standard InChI is InChI=1S/C17H16N2O3S2/c1-24(21)10-14(11-5-3-2-4-6-11)18-16(20)12-7-8-13-15(9-12)22-17(23)19-13/h2-9,14H,10H2,1H3,(H,18,20)(H,19,23). The molecule has 2 unspecified atom stereocenters. The van der Waals surface area contributed by atoms with E-state index >= 15 is 0 Å². The van der Waals surface area contributed by atoms with Gasteiger partial charge in [0.05, 0.1) is 11.6 Å². The van der Waals surface area contributed by atoms with Gasteiger partial charge in [0.2, 0.25) is 0 Å². The SMILES string of the molecule is CS(=O)CC(NC(=O)c1ccc2[nH]c(=S)oc2c1)c1ccccc1. The predicted octanol–water partition coefficient (Wildman–Crippen LogP) is 3.34. The minimum absolute atomic E-state index is 0.251.